The van der Waals surface area contributed by atoms with E-state index in [0.29, 0.717) is 37.3 Å². The molecule has 1 fully saturated rings. The lowest BCUT2D eigenvalue weighted by atomic mass is 9.91. The molecule has 1 saturated heterocycles. The highest BCUT2D eigenvalue weighted by Gasteiger charge is 2.31. The SMILES string of the molecule is CCc1ncc(S(=O)(=O)N2CCC(C(C)NC)CC2)[nH]1. The highest BCUT2D eigenvalue weighted by Crippen LogP contribution is 2.25. The number of imidazole rings is 1. The molecular formula is C13H24N4O2S. The number of nitrogens with one attached hydrogen (secondary N) is 2. The maximum absolute atomic E-state index is 12.5. The summed E-state index contributed by atoms with van der Waals surface area (Å²) in [6.45, 7) is 5.26. The smallest absolute Gasteiger partial charge is 0.260 e. The molecule has 1 aliphatic rings. The van der Waals surface area contributed by atoms with E-state index in [2.05, 4.69) is 22.2 Å². The molecule has 1 aromatic rings. The molecule has 1 aromatic heterocycles. The van der Waals surface area contributed by atoms with Crippen molar-refractivity contribution >= 4 is 10.0 Å². The largest absolute Gasteiger partial charge is 0.332 e. The lowest BCUT2D eigenvalue weighted by Gasteiger charge is -2.33. The van der Waals surface area contributed by atoms with Crippen molar-refractivity contribution in [3.05, 3.63) is 12.0 Å². The van der Waals surface area contributed by atoms with Gasteiger partial charge < -0.3 is 10.3 Å². The van der Waals surface area contributed by atoms with E-state index in [0.717, 1.165) is 12.8 Å². The van der Waals surface area contributed by atoms with Gasteiger partial charge in [0.2, 0.25) is 0 Å². The summed E-state index contributed by atoms with van der Waals surface area (Å²) >= 11 is 0. The van der Waals surface area contributed by atoms with Crippen LogP contribution in [0.15, 0.2) is 11.2 Å². The van der Waals surface area contributed by atoms with E-state index in [1.807, 2.05) is 14.0 Å². The quantitative estimate of drug-likeness (QED) is 0.850. The van der Waals surface area contributed by atoms with Crippen LogP contribution in [0.1, 0.15) is 32.5 Å². The molecule has 2 N–H and O–H groups in total. The van der Waals surface area contributed by atoms with Gasteiger partial charge in [0.25, 0.3) is 10.0 Å². The summed E-state index contributed by atoms with van der Waals surface area (Å²) in [6, 6.07) is 0.429. The highest BCUT2D eigenvalue weighted by molar-refractivity contribution is 7.89. The standard InChI is InChI=1S/C13H24N4O2S/c1-4-12-15-9-13(16-12)20(18,19)17-7-5-11(6-8-17)10(2)14-3/h9-11,14H,4-8H2,1-3H3,(H,15,16). The lowest BCUT2D eigenvalue weighted by molar-refractivity contribution is 0.236. The van der Waals surface area contributed by atoms with Crippen molar-refractivity contribution in [2.45, 2.75) is 44.2 Å². The van der Waals surface area contributed by atoms with Crippen LogP contribution in [0.5, 0.6) is 0 Å². The van der Waals surface area contributed by atoms with Crippen molar-refractivity contribution in [2.24, 2.45) is 5.92 Å². The van der Waals surface area contributed by atoms with Gasteiger partial charge in [-0.1, -0.05) is 6.92 Å². The van der Waals surface area contributed by atoms with Crippen molar-refractivity contribution < 1.29 is 8.42 Å². The average molecular weight is 300 g/mol. The van der Waals surface area contributed by atoms with E-state index >= 15 is 0 Å². The fourth-order valence-electron chi connectivity index (χ4n) is 2.64. The zero-order valence-electron chi connectivity index (χ0n) is 12.4. The number of rotatable bonds is 5. The monoisotopic (exact) mass is 300 g/mol. The molecule has 0 spiro atoms. The molecule has 0 saturated carbocycles. The van der Waals surface area contributed by atoms with Crippen LogP contribution in [0, 0.1) is 5.92 Å². The fraction of sp³-hybridized carbons (Fsp3) is 0.769. The highest BCUT2D eigenvalue weighted by atomic mass is 32.2. The maximum Gasteiger partial charge on any atom is 0.260 e. The van der Waals surface area contributed by atoms with Gasteiger partial charge in [-0.05, 0) is 32.7 Å². The number of aryl methyl sites for hydroxylation is 1. The Kier molecular flexibility index (Phi) is 4.82. The Hall–Kier alpha value is -0.920. The summed E-state index contributed by atoms with van der Waals surface area (Å²) in [6.07, 6.45) is 3.93. The summed E-state index contributed by atoms with van der Waals surface area (Å²) in [4.78, 5) is 6.97. The number of nitrogens with zero attached hydrogens (tertiary/aromatic N) is 2. The van der Waals surface area contributed by atoms with Gasteiger partial charge in [0.05, 0.1) is 6.20 Å². The summed E-state index contributed by atoms with van der Waals surface area (Å²) in [5.74, 6) is 1.25. The van der Waals surface area contributed by atoms with Crippen molar-refractivity contribution in [3.63, 3.8) is 0 Å². The van der Waals surface area contributed by atoms with Crippen LogP contribution in [-0.4, -0.2) is 48.9 Å². The number of aromatic amines is 1. The topological polar surface area (TPSA) is 78.1 Å². The van der Waals surface area contributed by atoms with E-state index in [1.54, 1.807) is 4.31 Å². The van der Waals surface area contributed by atoms with E-state index in [1.165, 1.54) is 6.20 Å². The molecule has 6 nitrogen and oxygen atoms in total. The summed E-state index contributed by atoms with van der Waals surface area (Å²) in [7, 11) is -1.46. The van der Waals surface area contributed by atoms with Crippen LogP contribution in [0.25, 0.3) is 0 Å². The first-order valence-corrected chi connectivity index (χ1v) is 8.64. The minimum Gasteiger partial charge on any atom is -0.332 e. The number of sulfonamides is 1. The number of hydrogen-bond acceptors (Lipinski definition) is 4. The molecular weight excluding hydrogens is 276 g/mol. The van der Waals surface area contributed by atoms with Crippen molar-refractivity contribution in [2.75, 3.05) is 20.1 Å². The van der Waals surface area contributed by atoms with Gasteiger partial charge in [-0.2, -0.15) is 4.31 Å². The van der Waals surface area contributed by atoms with E-state index in [9.17, 15) is 8.42 Å². The average Bonchev–Trinajstić information content (AvgIpc) is 2.96. The van der Waals surface area contributed by atoms with Crippen molar-refractivity contribution in [1.29, 1.82) is 0 Å². The summed E-state index contributed by atoms with van der Waals surface area (Å²) in [5, 5.41) is 3.46. The fourth-order valence-corrected chi connectivity index (χ4v) is 4.05. The van der Waals surface area contributed by atoms with E-state index in [-0.39, 0.29) is 5.03 Å². The molecule has 1 aliphatic heterocycles. The normalized spacial score (nSPS) is 20.1. The molecule has 20 heavy (non-hydrogen) atoms. The molecule has 0 aromatic carbocycles. The Morgan fingerprint density at radius 1 is 1.50 bits per heavy atom. The molecule has 0 amide bonds. The third-order valence-corrected chi connectivity index (χ3v) is 6.03. The Balaban J connectivity index is 2.05. The molecule has 0 radical (unpaired) electrons. The first-order chi connectivity index (χ1) is 9.48. The van der Waals surface area contributed by atoms with Gasteiger partial charge in [-0.25, -0.2) is 13.4 Å². The zero-order chi connectivity index (χ0) is 14.8. The maximum atomic E-state index is 12.5. The Labute approximate surface area is 121 Å². The van der Waals surface area contributed by atoms with Gasteiger partial charge in [0.1, 0.15) is 5.82 Å². The number of piperidine rings is 1. The molecule has 7 heteroatoms. The number of H-pyrrole nitrogens is 1. The molecule has 2 rings (SSSR count). The number of aromatic nitrogens is 2. The molecule has 0 aliphatic carbocycles. The Morgan fingerprint density at radius 3 is 2.65 bits per heavy atom. The summed E-state index contributed by atoms with van der Waals surface area (Å²) in [5.41, 5.74) is 0. The van der Waals surface area contributed by atoms with Crippen LogP contribution in [-0.2, 0) is 16.4 Å². The minimum absolute atomic E-state index is 0.217. The van der Waals surface area contributed by atoms with Crippen molar-refractivity contribution in [1.82, 2.24) is 19.6 Å². The van der Waals surface area contributed by atoms with Crippen LogP contribution in [0.2, 0.25) is 0 Å². The van der Waals surface area contributed by atoms with E-state index in [4.69, 9.17) is 0 Å². The van der Waals surface area contributed by atoms with Crippen molar-refractivity contribution in [3.8, 4) is 0 Å². The summed E-state index contributed by atoms with van der Waals surface area (Å²) < 4.78 is 26.6. The van der Waals surface area contributed by atoms with E-state index < -0.39 is 10.0 Å². The first-order valence-electron chi connectivity index (χ1n) is 7.20. The minimum atomic E-state index is -3.41. The molecule has 0 bridgehead atoms. The van der Waals surface area contributed by atoms with Gasteiger partial charge in [-0.3, -0.25) is 0 Å². The third-order valence-electron chi connectivity index (χ3n) is 4.22. The molecule has 2 heterocycles. The van der Waals surface area contributed by atoms with Gasteiger partial charge in [-0.15, -0.1) is 0 Å². The predicted molar refractivity (Wildman–Crippen MR) is 78.0 cm³/mol. The van der Waals surface area contributed by atoms with Gasteiger partial charge in [0.15, 0.2) is 5.03 Å². The van der Waals surface area contributed by atoms with Gasteiger partial charge in [0, 0.05) is 25.6 Å². The zero-order valence-corrected chi connectivity index (χ0v) is 13.2. The van der Waals surface area contributed by atoms with Crippen LogP contribution < -0.4 is 5.32 Å². The second-order valence-electron chi connectivity index (χ2n) is 5.37. The third kappa shape index (κ3) is 3.05. The number of hydrogen-bond donors (Lipinski definition) is 2. The lowest BCUT2D eigenvalue weighted by Crippen LogP contribution is -2.43. The predicted octanol–water partition coefficient (Wildman–Crippen LogP) is 0.981. The Morgan fingerprint density at radius 2 is 2.15 bits per heavy atom. The van der Waals surface area contributed by atoms with Crippen LogP contribution in [0.4, 0.5) is 0 Å². The van der Waals surface area contributed by atoms with Gasteiger partial charge >= 0.3 is 0 Å². The molecule has 114 valence electrons. The second-order valence-corrected chi connectivity index (χ2v) is 7.27. The molecule has 1 atom stereocenters. The molecule has 1 unspecified atom stereocenters. The van der Waals surface area contributed by atoms with Crippen LogP contribution in [0.3, 0.4) is 0 Å². The Bertz CT molecular complexity index is 532. The first kappa shape index (κ1) is 15.5. The second kappa shape index (κ2) is 6.24. The van der Waals surface area contributed by atoms with Crippen LogP contribution >= 0.6 is 0 Å².